The number of nitrogens with zero attached hydrogens (tertiary/aromatic N) is 2. The predicted molar refractivity (Wildman–Crippen MR) is 77.1 cm³/mol. The smallest absolute Gasteiger partial charge is 0.395 e. The Bertz CT molecular complexity index is 759. The number of aromatic amines is 1. The lowest BCUT2D eigenvalue weighted by atomic mass is 10.3. The lowest BCUT2D eigenvalue weighted by Crippen LogP contribution is -2.22. The zero-order valence-corrected chi connectivity index (χ0v) is 11.7. The fourth-order valence-corrected chi connectivity index (χ4v) is 1.63. The Hall–Kier alpha value is -2.94. The molecule has 1 amide bonds. The molecule has 1 aromatic carbocycles. The summed E-state index contributed by atoms with van der Waals surface area (Å²) in [5.41, 5.74) is -1.35. The maximum atomic E-state index is 11.7. The lowest BCUT2D eigenvalue weighted by Gasteiger charge is -2.06. The molecule has 0 saturated carbocycles. The molecule has 114 valence electrons. The number of aromatic nitrogens is 2. The van der Waals surface area contributed by atoms with E-state index >= 15 is 0 Å². The van der Waals surface area contributed by atoms with Crippen molar-refractivity contribution in [3.05, 3.63) is 56.1 Å². The number of ether oxygens (including phenoxy) is 1. The molecule has 0 spiro atoms. The second kappa shape index (κ2) is 6.68. The van der Waals surface area contributed by atoms with Crippen LogP contribution in [-0.4, -0.2) is 27.4 Å². The summed E-state index contributed by atoms with van der Waals surface area (Å²) in [6.07, 6.45) is 0.946. The van der Waals surface area contributed by atoms with E-state index in [1.807, 2.05) is 0 Å². The van der Waals surface area contributed by atoms with E-state index in [4.69, 9.17) is 16.3 Å². The topological polar surface area (TPSA) is 127 Å². The van der Waals surface area contributed by atoms with Gasteiger partial charge in [-0.2, -0.15) is 4.98 Å². The minimum Gasteiger partial charge on any atom is -0.462 e. The third-order valence-electron chi connectivity index (χ3n) is 2.45. The first kappa shape index (κ1) is 15.4. The van der Waals surface area contributed by atoms with Crippen molar-refractivity contribution in [2.24, 2.45) is 0 Å². The summed E-state index contributed by atoms with van der Waals surface area (Å²) in [7, 11) is 0. The highest BCUT2D eigenvalue weighted by atomic mass is 35.5. The minimum atomic E-state index is -0.965. The molecule has 9 nitrogen and oxygen atoms in total. The van der Waals surface area contributed by atoms with Gasteiger partial charge in [0.2, 0.25) is 0 Å². The summed E-state index contributed by atoms with van der Waals surface area (Å²) in [5, 5.41) is 13.8. The predicted octanol–water partition coefficient (Wildman–Crippen LogP) is 1.35. The van der Waals surface area contributed by atoms with Gasteiger partial charge in [0.05, 0.1) is 11.3 Å². The normalized spacial score (nSPS) is 10.0. The van der Waals surface area contributed by atoms with Crippen LogP contribution in [0.3, 0.4) is 0 Å². The molecule has 0 aliphatic rings. The highest BCUT2D eigenvalue weighted by Gasteiger charge is 2.22. The molecule has 0 bridgehead atoms. The summed E-state index contributed by atoms with van der Waals surface area (Å²) in [4.78, 5) is 38.4. The second-order valence-corrected chi connectivity index (χ2v) is 4.42. The molecule has 0 radical (unpaired) electrons. The van der Waals surface area contributed by atoms with Gasteiger partial charge in [0.25, 0.3) is 5.91 Å². The van der Waals surface area contributed by atoms with E-state index in [0.29, 0.717) is 10.7 Å². The number of hydrogen-bond acceptors (Lipinski definition) is 6. The van der Waals surface area contributed by atoms with Gasteiger partial charge in [-0.15, -0.1) is 0 Å². The molecule has 0 fully saturated rings. The number of nitrogens with one attached hydrogen (secondary N) is 2. The van der Waals surface area contributed by atoms with Crippen molar-refractivity contribution >= 4 is 28.9 Å². The molecule has 2 rings (SSSR count). The zero-order valence-electron chi connectivity index (χ0n) is 10.9. The highest BCUT2D eigenvalue weighted by molar-refractivity contribution is 6.30. The summed E-state index contributed by atoms with van der Waals surface area (Å²) in [6.45, 7) is -0.542. The quantitative estimate of drug-likeness (QED) is 0.631. The first-order valence-electron chi connectivity index (χ1n) is 5.87. The van der Waals surface area contributed by atoms with Crippen LogP contribution in [0.1, 0.15) is 0 Å². The summed E-state index contributed by atoms with van der Waals surface area (Å²) in [5.74, 6) is -1.10. The van der Waals surface area contributed by atoms with E-state index in [9.17, 15) is 19.7 Å². The molecule has 0 saturated heterocycles. The van der Waals surface area contributed by atoms with Crippen molar-refractivity contribution < 1.29 is 14.5 Å². The number of benzene rings is 1. The van der Waals surface area contributed by atoms with Crippen LogP contribution in [0.2, 0.25) is 5.02 Å². The molecule has 0 aliphatic heterocycles. The van der Waals surface area contributed by atoms with Gasteiger partial charge in [-0.05, 0) is 24.3 Å². The van der Waals surface area contributed by atoms with Gasteiger partial charge >= 0.3 is 17.1 Å². The van der Waals surface area contributed by atoms with E-state index in [0.717, 1.165) is 6.33 Å². The van der Waals surface area contributed by atoms with Crippen LogP contribution >= 0.6 is 11.6 Å². The van der Waals surface area contributed by atoms with Gasteiger partial charge in [-0.25, -0.2) is 0 Å². The Balaban J connectivity index is 2.03. The Morgan fingerprint density at radius 2 is 2.09 bits per heavy atom. The van der Waals surface area contributed by atoms with Crippen molar-refractivity contribution in [1.82, 2.24) is 9.97 Å². The van der Waals surface area contributed by atoms with Crippen LogP contribution in [-0.2, 0) is 4.79 Å². The Morgan fingerprint density at radius 3 is 2.73 bits per heavy atom. The summed E-state index contributed by atoms with van der Waals surface area (Å²) >= 11 is 5.71. The van der Waals surface area contributed by atoms with Crippen LogP contribution in [0, 0.1) is 10.1 Å². The summed E-state index contributed by atoms with van der Waals surface area (Å²) in [6, 6.07) is 6.32. The fraction of sp³-hybridized carbons (Fsp3) is 0.0833. The van der Waals surface area contributed by atoms with E-state index < -0.39 is 34.6 Å². The number of nitro groups is 1. The van der Waals surface area contributed by atoms with Crippen LogP contribution in [0.5, 0.6) is 5.88 Å². The Labute approximate surface area is 128 Å². The largest absolute Gasteiger partial charge is 0.462 e. The third kappa shape index (κ3) is 3.79. The third-order valence-corrected chi connectivity index (χ3v) is 2.70. The van der Waals surface area contributed by atoms with Crippen molar-refractivity contribution in [3.63, 3.8) is 0 Å². The number of carbonyl (C=O) groups is 1. The number of amides is 1. The molecular weight excluding hydrogens is 316 g/mol. The number of carbonyl (C=O) groups excluding carboxylic acids is 1. The molecule has 0 aliphatic carbocycles. The average Bonchev–Trinajstić information content (AvgIpc) is 2.47. The maximum Gasteiger partial charge on any atom is 0.395 e. The number of H-pyrrole nitrogens is 1. The summed E-state index contributed by atoms with van der Waals surface area (Å²) < 4.78 is 4.93. The van der Waals surface area contributed by atoms with E-state index in [2.05, 4.69) is 15.3 Å². The Morgan fingerprint density at radius 1 is 1.41 bits per heavy atom. The van der Waals surface area contributed by atoms with Crippen molar-refractivity contribution in [2.45, 2.75) is 0 Å². The zero-order chi connectivity index (χ0) is 16.1. The first-order valence-corrected chi connectivity index (χ1v) is 6.25. The average molecular weight is 325 g/mol. The first-order chi connectivity index (χ1) is 10.5. The molecule has 0 atom stereocenters. The molecular formula is C12H9ClN4O5. The molecule has 0 unspecified atom stereocenters. The number of rotatable bonds is 5. The fourth-order valence-electron chi connectivity index (χ4n) is 1.51. The number of anilines is 1. The molecule has 2 N–H and O–H groups in total. The molecule has 1 aromatic heterocycles. The molecule has 1 heterocycles. The van der Waals surface area contributed by atoms with E-state index in [1.54, 1.807) is 24.3 Å². The van der Waals surface area contributed by atoms with Gasteiger partial charge in [0.15, 0.2) is 6.61 Å². The van der Waals surface area contributed by atoms with Crippen LogP contribution in [0.4, 0.5) is 11.4 Å². The van der Waals surface area contributed by atoms with Crippen LogP contribution < -0.4 is 15.6 Å². The van der Waals surface area contributed by atoms with E-state index in [-0.39, 0.29) is 0 Å². The molecule has 2 aromatic rings. The highest BCUT2D eigenvalue weighted by Crippen LogP contribution is 2.18. The van der Waals surface area contributed by atoms with Crippen LogP contribution in [0.25, 0.3) is 0 Å². The van der Waals surface area contributed by atoms with Crippen LogP contribution in [0.15, 0.2) is 35.4 Å². The number of halogens is 1. The molecule has 22 heavy (non-hydrogen) atoms. The number of hydrogen-bond donors (Lipinski definition) is 2. The van der Waals surface area contributed by atoms with Gasteiger partial charge < -0.3 is 15.0 Å². The van der Waals surface area contributed by atoms with Crippen molar-refractivity contribution in [2.75, 3.05) is 11.9 Å². The minimum absolute atomic E-state index is 0.478. The van der Waals surface area contributed by atoms with Gasteiger partial charge in [0, 0.05) is 10.7 Å². The van der Waals surface area contributed by atoms with E-state index in [1.165, 1.54) is 0 Å². The van der Waals surface area contributed by atoms with Crippen molar-refractivity contribution in [3.8, 4) is 5.88 Å². The molecule has 10 heteroatoms. The van der Waals surface area contributed by atoms with Gasteiger partial charge in [-0.1, -0.05) is 11.6 Å². The maximum absolute atomic E-state index is 11.7. The van der Waals surface area contributed by atoms with Gasteiger partial charge in [-0.3, -0.25) is 19.7 Å². The second-order valence-electron chi connectivity index (χ2n) is 3.99. The monoisotopic (exact) mass is 324 g/mol. The van der Waals surface area contributed by atoms with Gasteiger partial charge in [0.1, 0.15) is 0 Å². The Kier molecular flexibility index (Phi) is 4.69. The lowest BCUT2D eigenvalue weighted by molar-refractivity contribution is -0.387. The standard InChI is InChI=1S/C12H9ClN4O5/c13-7-1-3-8(4-2-7)16-9(18)5-22-12-10(17(20)21)11(19)14-6-15-12/h1-4,6H,5H2,(H,16,18)(H,14,15,19). The van der Waals surface area contributed by atoms with Crippen molar-refractivity contribution in [1.29, 1.82) is 0 Å². The SMILES string of the molecule is O=C(COc1nc[nH]c(=O)c1[N+](=O)[O-])Nc1ccc(Cl)cc1.